The van der Waals surface area contributed by atoms with E-state index in [9.17, 15) is 9.18 Å². The van der Waals surface area contributed by atoms with E-state index in [2.05, 4.69) is 15.4 Å². The van der Waals surface area contributed by atoms with Gasteiger partial charge in [-0.25, -0.2) is 14.1 Å². The summed E-state index contributed by atoms with van der Waals surface area (Å²) in [7, 11) is 0. The number of amides is 1. The predicted molar refractivity (Wildman–Crippen MR) is 101 cm³/mol. The molecule has 0 saturated carbocycles. The van der Waals surface area contributed by atoms with Gasteiger partial charge in [0.1, 0.15) is 24.1 Å². The largest absolute Gasteiger partial charge is 0.492 e. The molecule has 0 aliphatic heterocycles. The van der Waals surface area contributed by atoms with Crippen LogP contribution in [0.2, 0.25) is 10.0 Å². The highest BCUT2D eigenvalue weighted by Gasteiger charge is 2.09. The lowest BCUT2D eigenvalue weighted by atomic mass is 10.2. The first-order chi connectivity index (χ1) is 13.0. The van der Waals surface area contributed by atoms with Crippen LogP contribution in [0.15, 0.2) is 49.1 Å². The van der Waals surface area contributed by atoms with Gasteiger partial charge in [-0.05, 0) is 42.8 Å². The topological polar surface area (TPSA) is 69.0 Å². The van der Waals surface area contributed by atoms with Gasteiger partial charge in [0, 0.05) is 17.1 Å². The van der Waals surface area contributed by atoms with Crippen molar-refractivity contribution < 1.29 is 13.9 Å². The molecule has 0 fully saturated rings. The lowest BCUT2D eigenvalue weighted by molar-refractivity contribution is -0.116. The summed E-state index contributed by atoms with van der Waals surface area (Å²) in [5.41, 5.74) is 0.613. The summed E-state index contributed by atoms with van der Waals surface area (Å²) in [6, 6.07) is 9.28. The van der Waals surface area contributed by atoms with E-state index < -0.39 is 5.82 Å². The molecule has 1 N–H and O–H groups in total. The number of ether oxygens (including phenoxy) is 1. The highest BCUT2D eigenvalue weighted by atomic mass is 35.5. The van der Waals surface area contributed by atoms with Crippen molar-refractivity contribution in [2.45, 2.75) is 12.8 Å². The summed E-state index contributed by atoms with van der Waals surface area (Å²) < 4.78 is 21.0. The van der Waals surface area contributed by atoms with Crippen molar-refractivity contribution >= 4 is 34.8 Å². The molecule has 2 aromatic carbocycles. The van der Waals surface area contributed by atoms with Crippen molar-refractivity contribution in [2.75, 3.05) is 11.9 Å². The minimum absolute atomic E-state index is 0.220. The molecule has 0 atom stereocenters. The molecule has 1 heterocycles. The van der Waals surface area contributed by atoms with Crippen molar-refractivity contribution in [1.82, 2.24) is 14.8 Å². The average molecular weight is 409 g/mol. The number of carbonyl (C=O) groups is 1. The third-order valence-electron chi connectivity index (χ3n) is 3.60. The maximum Gasteiger partial charge on any atom is 0.224 e. The van der Waals surface area contributed by atoms with E-state index in [4.69, 9.17) is 27.9 Å². The molecule has 3 rings (SSSR count). The van der Waals surface area contributed by atoms with E-state index in [0.717, 1.165) is 0 Å². The standard InChI is InChI=1S/C18H15Cl2FN4O2/c19-12-3-6-17(14(20)8-12)27-7-1-2-18(26)24-13-4-5-16(15(21)9-13)25-11-22-10-23-25/h3-6,8-11H,1-2,7H2,(H,24,26). The van der Waals surface area contributed by atoms with E-state index in [0.29, 0.717) is 34.5 Å². The molecule has 0 spiro atoms. The monoisotopic (exact) mass is 408 g/mol. The van der Waals surface area contributed by atoms with Gasteiger partial charge in [0.15, 0.2) is 5.82 Å². The number of benzene rings is 2. The number of carbonyl (C=O) groups excluding carboxylic acids is 1. The molecule has 0 radical (unpaired) electrons. The number of halogens is 3. The fraction of sp³-hybridized carbons (Fsp3) is 0.167. The van der Waals surface area contributed by atoms with Crippen LogP contribution in [-0.2, 0) is 4.79 Å². The highest BCUT2D eigenvalue weighted by Crippen LogP contribution is 2.27. The summed E-state index contributed by atoms with van der Waals surface area (Å²) in [4.78, 5) is 15.8. The zero-order chi connectivity index (χ0) is 19.2. The van der Waals surface area contributed by atoms with Crippen LogP contribution >= 0.6 is 23.2 Å². The third-order valence-corrected chi connectivity index (χ3v) is 4.13. The molecule has 1 amide bonds. The molecule has 0 unspecified atom stereocenters. The molecule has 1 aromatic heterocycles. The molecule has 27 heavy (non-hydrogen) atoms. The van der Waals surface area contributed by atoms with Crippen molar-refractivity contribution in [2.24, 2.45) is 0 Å². The van der Waals surface area contributed by atoms with Crippen LogP contribution in [-0.4, -0.2) is 27.3 Å². The molecule has 0 aliphatic rings. The second-order valence-electron chi connectivity index (χ2n) is 5.58. The minimum Gasteiger partial charge on any atom is -0.492 e. The number of nitrogens with zero attached hydrogens (tertiary/aromatic N) is 3. The number of anilines is 1. The first-order valence-electron chi connectivity index (χ1n) is 8.05. The van der Waals surface area contributed by atoms with Crippen LogP contribution < -0.4 is 10.1 Å². The van der Waals surface area contributed by atoms with Gasteiger partial charge < -0.3 is 10.1 Å². The Morgan fingerprint density at radius 2 is 2.07 bits per heavy atom. The average Bonchev–Trinajstić information content (AvgIpc) is 3.14. The first kappa shape index (κ1) is 19.1. The van der Waals surface area contributed by atoms with E-state index >= 15 is 0 Å². The van der Waals surface area contributed by atoms with Gasteiger partial charge in [-0.15, -0.1) is 0 Å². The summed E-state index contributed by atoms with van der Waals surface area (Å²) in [6.45, 7) is 0.314. The lowest BCUT2D eigenvalue weighted by Crippen LogP contribution is -2.13. The second-order valence-corrected chi connectivity index (χ2v) is 6.42. The van der Waals surface area contributed by atoms with E-state index in [1.807, 2.05) is 0 Å². The van der Waals surface area contributed by atoms with E-state index in [1.165, 1.54) is 29.5 Å². The Bertz CT molecular complexity index is 935. The molecule has 0 aliphatic carbocycles. The maximum atomic E-state index is 14.1. The fourth-order valence-electron chi connectivity index (χ4n) is 2.33. The van der Waals surface area contributed by atoms with Crippen LogP contribution in [0.3, 0.4) is 0 Å². The van der Waals surface area contributed by atoms with Gasteiger partial charge in [0.25, 0.3) is 0 Å². The Morgan fingerprint density at radius 1 is 1.22 bits per heavy atom. The van der Waals surface area contributed by atoms with Crippen LogP contribution in [0, 0.1) is 5.82 Å². The number of rotatable bonds is 7. The van der Waals surface area contributed by atoms with Gasteiger partial charge >= 0.3 is 0 Å². The first-order valence-corrected chi connectivity index (χ1v) is 8.81. The quantitative estimate of drug-likeness (QED) is 0.583. The Kier molecular flexibility index (Phi) is 6.26. The number of nitrogens with one attached hydrogen (secondary N) is 1. The Morgan fingerprint density at radius 3 is 2.78 bits per heavy atom. The normalized spacial score (nSPS) is 10.6. The van der Waals surface area contributed by atoms with Gasteiger partial charge in [0.05, 0.1) is 11.6 Å². The fourth-order valence-corrected chi connectivity index (χ4v) is 2.80. The summed E-state index contributed by atoms with van der Waals surface area (Å²) in [5, 5.41) is 7.45. The Labute approximate surface area is 164 Å². The van der Waals surface area contributed by atoms with Crippen LogP contribution in [0.5, 0.6) is 5.75 Å². The zero-order valence-electron chi connectivity index (χ0n) is 14.0. The predicted octanol–water partition coefficient (Wildman–Crippen LogP) is 4.51. The molecule has 140 valence electrons. The van der Waals surface area contributed by atoms with Gasteiger partial charge in [0.2, 0.25) is 5.91 Å². The van der Waals surface area contributed by atoms with Crippen molar-refractivity contribution in [3.63, 3.8) is 0 Å². The second kappa shape index (κ2) is 8.83. The van der Waals surface area contributed by atoms with Crippen molar-refractivity contribution in [1.29, 1.82) is 0 Å². The van der Waals surface area contributed by atoms with Gasteiger partial charge in [-0.3, -0.25) is 4.79 Å². The number of aromatic nitrogens is 3. The highest BCUT2D eigenvalue weighted by molar-refractivity contribution is 6.35. The smallest absolute Gasteiger partial charge is 0.224 e. The molecule has 6 nitrogen and oxygen atoms in total. The van der Waals surface area contributed by atoms with Crippen LogP contribution in [0.25, 0.3) is 5.69 Å². The molecule has 3 aromatic rings. The Hall–Kier alpha value is -2.64. The van der Waals surface area contributed by atoms with Crippen LogP contribution in [0.4, 0.5) is 10.1 Å². The van der Waals surface area contributed by atoms with Gasteiger partial charge in [-0.1, -0.05) is 23.2 Å². The molecule has 0 saturated heterocycles. The Balaban J connectivity index is 1.47. The molecular formula is C18H15Cl2FN4O2. The molecule has 0 bridgehead atoms. The van der Waals surface area contributed by atoms with E-state index in [1.54, 1.807) is 24.3 Å². The summed E-state index contributed by atoms with van der Waals surface area (Å²) in [5.74, 6) is -0.250. The molecular weight excluding hydrogens is 394 g/mol. The van der Waals surface area contributed by atoms with Crippen LogP contribution in [0.1, 0.15) is 12.8 Å². The maximum absolute atomic E-state index is 14.1. The van der Waals surface area contributed by atoms with E-state index in [-0.39, 0.29) is 18.0 Å². The molecule has 9 heteroatoms. The lowest BCUT2D eigenvalue weighted by Gasteiger charge is -2.09. The third kappa shape index (κ3) is 5.18. The number of hydrogen-bond acceptors (Lipinski definition) is 4. The minimum atomic E-state index is -0.515. The zero-order valence-corrected chi connectivity index (χ0v) is 15.5. The number of hydrogen-bond donors (Lipinski definition) is 1. The summed E-state index contributed by atoms with van der Waals surface area (Å²) >= 11 is 11.8. The van der Waals surface area contributed by atoms with Crippen molar-refractivity contribution in [3.05, 3.63) is 64.9 Å². The van der Waals surface area contributed by atoms with Gasteiger partial charge in [-0.2, -0.15) is 5.10 Å². The SMILES string of the molecule is O=C(CCCOc1ccc(Cl)cc1Cl)Nc1ccc(-n2cncn2)c(F)c1. The summed E-state index contributed by atoms with van der Waals surface area (Å²) in [6.07, 6.45) is 3.40. The van der Waals surface area contributed by atoms with Crippen molar-refractivity contribution in [3.8, 4) is 11.4 Å².